The van der Waals surface area contributed by atoms with Crippen molar-refractivity contribution in [2.45, 2.75) is 19.8 Å². The average molecular weight is 388 g/mol. The first-order valence-corrected chi connectivity index (χ1v) is 9.85. The van der Waals surface area contributed by atoms with Gasteiger partial charge in [0.15, 0.2) is 5.13 Å². The zero-order chi connectivity index (χ0) is 18.4. The molecule has 0 saturated heterocycles. The minimum absolute atomic E-state index is 0.570. The SMILES string of the molecule is CCCCNc1ccc(-c2csc(Nc3ccc(OC)c(Cl)c3)n2)cc1. The standard InChI is InChI=1S/C20H22ClN3OS/c1-3-4-11-22-15-7-5-14(6-8-15)18-13-26-20(24-18)23-16-9-10-19(25-2)17(21)12-16/h5-10,12-13,22H,3-4,11H2,1-2H3,(H,23,24). The van der Waals surface area contributed by atoms with Gasteiger partial charge in [-0.05, 0) is 36.8 Å². The van der Waals surface area contributed by atoms with Crippen molar-refractivity contribution in [3.63, 3.8) is 0 Å². The van der Waals surface area contributed by atoms with E-state index < -0.39 is 0 Å². The number of benzene rings is 2. The summed E-state index contributed by atoms with van der Waals surface area (Å²) < 4.78 is 5.17. The molecule has 0 spiro atoms. The van der Waals surface area contributed by atoms with Gasteiger partial charge in [-0.15, -0.1) is 11.3 Å². The minimum atomic E-state index is 0.570. The first-order chi connectivity index (χ1) is 12.7. The molecule has 0 radical (unpaired) electrons. The Morgan fingerprint density at radius 1 is 1.12 bits per heavy atom. The molecule has 0 aliphatic carbocycles. The van der Waals surface area contributed by atoms with Gasteiger partial charge in [0.05, 0.1) is 17.8 Å². The zero-order valence-electron chi connectivity index (χ0n) is 14.9. The molecule has 6 heteroatoms. The number of methoxy groups -OCH3 is 1. The molecule has 4 nitrogen and oxygen atoms in total. The molecule has 0 bridgehead atoms. The van der Waals surface area contributed by atoms with Gasteiger partial charge in [0.25, 0.3) is 0 Å². The fourth-order valence-electron chi connectivity index (χ4n) is 2.50. The highest BCUT2D eigenvalue weighted by Crippen LogP contribution is 2.31. The van der Waals surface area contributed by atoms with Crippen LogP contribution in [-0.2, 0) is 0 Å². The predicted molar refractivity (Wildman–Crippen MR) is 112 cm³/mol. The minimum Gasteiger partial charge on any atom is -0.495 e. The van der Waals surface area contributed by atoms with Crippen molar-refractivity contribution >= 4 is 39.4 Å². The average Bonchev–Trinajstić information content (AvgIpc) is 3.11. The van der Waals surface area contributed by atoms with E-state index in [4.69, 9.17) is 16.3 Å². The second kappa shape index (κ2) is 8.92. The van der Waals surface area contributed by atoms with E-state index in [0.29, 0.717) is 10.8 Å². The van der Waals surface area contributed by atoms with Crippen LogP contribution in [0, 0.1) is 0 Å². The lowest BCUT2D eigenvalue weighted by Crippen LogP contribution is -2.00. The number of hydrogen-bond donors (Lipinski definition) is 2. The van der Waals surface area contributed by atoms with E-state index in [1.165, 1.54) is 12.8 Å². The van der Waals surface area contributed by atoms with Gasteiger partial charge < -0.3 is 15.4 Å². The highest BCUT2D eigenvalue weighted by molar-refractivity contribution is 7.14. The van der Waals surface area contributed by atoms with Crippen molar-refractivity contribution < 1.29 is 4.74 Å². The molecule has 136 valence electrons. The Balaban J connectivity index is 1.66. The van der Waals surface area contributed by atoms with E-state index in [1.54, 1.807) is 18.4 Å². The molecule has 26 heavy (non-hydrogen) atoms. The highest BCUT2D eigenvalue weighted by Gasteiger charge is 2.07. The molecule has 1 heterocycles. The van der Waals surface area contributed by atoms with Crippen LogP contribution in [0.15, 0.2) is 47.8 Å². The number of unbranched alkanes of at least 4 members (excludes halogenated alkanes) is 1. The summed E-state index contributed by atoms with van der Waals surface area (Å²) in [6.45, 7) is 3.20. The van der Waals surface area contributed by atoms with Gasteiger partial charge >= 0.3 is 0 Å². The van der Waals surface area contributed by atoms with Crippen LogP contribution in [-0.4, -0.2) is 18.6 Å². The number of nitrogens with zero attached hydrogens (tertiary/aromatic N) is 1. The first-order valence-electron chi connectivity index (χ1n) is 8.60. The largest absolute Gasteiger partial charge is 0.495 e. The molecule has 0 unspecified atom stereocenters. The van der Waals surface area contributed by atoms with E-state index in [2.05, 4.69) is 46.8 Å². The smallest absolute Gasteiger partial charge is 0.187 e. The summed E-state index contributed by atoms with van der Waals surface area (Å²) in [6, 6.07) is 14.0. The van der Waals surface area contributed by atoms with Gasteiger partial charge in [0.2, 0.25) is 0 Å². The maximum atomic E-state index is 6.17. The molecular weight excluding hydrogens is 366 g/mol. The maximum absolute atomic E-state index is 6.17. The maximum Gasteiger partial charge on any atom is 0.187 e. The monoisotopic (exact) mass is 387 g/mol. The molecule has 0 fully saturated rings. The lowest BCUT2D eigenvalue weighted by molar-refractivity contribution is 0.415. The molecule has 3 rings (SSSR count). The van der Waals surface area contributed by atoms with Crippen LogP contribution in [0.5, 0.6) is 5.75 Å². The van der Waals surface area contributed by atoms with Crippen molar-refractivity contribution in [2.75, 3.05) is 24.3 Å². The zero-order valence-corrected chi connectivity index (χ0v) is 16.5. The van der Waals surface area contributed by atoms with E-state index in [0.717, 1.165) is 34.3 Å². The second-order valence-corrected chi connectivity index (χ2v) is 7.14. The van der Waals surface area contributed by atoms with Gasteiger partial charge in [-0.1, -0.05) is 37.1 Å². The van der Waals surface area contributed by atoms with Crippen molar-refractivity contribution in [3.05, 3.63) is 52.9 Å². The second-order valence-electron chi connectivity index (χ2n) is 5.87. The van der Waals surface area contributed by atoms with Crippen LogP contribution >= 0.6 is 22.9 Å². The van der Waals surface area contributed by atoms with E-state index in [-0.39, 0.29) is 0 Å². The van der Waals surface area contributed by atoms with Gasteiger partial charge in [0.1, 0.15) is 5.75 Å². The Bertz CT molecular complexity index is 849. The Hall–Kier alpha value is -2.24. The number of hydrogen-bond acceptors (Lipinski definition) is 5. The van der Waals surface area contributed by atoms with Gasteiger partial charge in [-0.3, -0.25) is 0 Å². The quantitative estimate of drug-likeness (QED) is 0.437. The molecule has 0 aliphatic heterocycles. The van der Waals surface area contributed by atoms with Crippen LogP contribution in [0.25, 0.3) is 11.3 Å². The molecule has 0 aliphatic rings. The Morgan fingerprint density at radius 3 is 2.58 bits per heavy atom. The van der Waals surface area contributed by atoms with Crippen LogP contribution in [0.1, 0.15) is 19.8 Å². The van der Waals surface area contributed by atoms with Crippen LogP contribution in [0.4, 0.5) is 16.5 Å². The predicted octanol–water partition coefficient (Wildman–Crippen LogP) is 6.43. The summed E-state index contributed by atoms with van der Waals surface area (Å²) in [6.07, 6.45) is 2.37. The molecule has 0 amide bonds. The third-order valence-electron chi connectivity index (χ3n) is 3.95. The lowest BCUT2D eigenvalue weighted by Gasteiger charge is -2.07. The van der Waals surface area contributed by atoms with Gasteiger partial charge in [0, 0.05) is 28.9 Å². The molecule has 0 atom stereocenters. The number of nitrogens with one attached hydrogen (secondary N) is 2. The normalized spacial score (nSPS) is 10.6. The van der Waals surface area contributed by atoms with Crippen molar-refractivity contribution in [1.29, 1.82) is 0 Å². The van der Waals surface area contributed by atoms with Crippen molar-refractivity contribution in [1.82, 2.24) is 4.98 Å². The van der Waals surface area contributed by atoms with Gasteiger partial charge in [-0.2, -0.15) is 0 Å². The van der Waals surface area contributed by atoms with E-state index in [1.807, 2.05) is 23.6 Å². The van der Waals surface area contributed by atoms with Crippen LogP contribution < -0.4 is 15.4 Å². The van der Waals surface area contributed by atoms with Crippen molar-refractivity contribution in [3.8, 4) is 17.0 Å². The molecule has 1 aromatic heterocycles. The molecule has 0 saturated carbocycles. The highest BCUT2D eigenvalue weighted by atomic mass is 35.5. The van der Waals surface area contributed by atoms with Gasteiger partial charge in [-0.25, -0.2) is 4.98 Å². The summed E-state index contributed by atoms with van der Waals surface area (Å²) in [5, 5.41) is 10.2. The first kappa shape index (κ1) is 18.5. The summed E-state index contributed by atoms with van der Waals surface area (Å²) in [5.41, 5.74) is 4.08. The Kier molecular flexibility index (Phi) is 6.36. The number of thiazole rings is 1. The summed E-state index contributed by atoms with van der Waals surface area (Å²) >= 11 is 7.73. The lowest BCUT2D eigenvalue weighted by atomic mass is 10.1. The number of rotatable bonds is 8. The third kappa shape index (κ3) is 4.68. The number of anilines is 3. The fraction of sp³-hybridized carbons (Fsp3) is 0.250. The van der Waals surface area contributed by atoms with Crippen LogP contribution in [0.2, 0.25) is 5.02 Å². The molecule has 3 aromatic rings. The summed E-state index contributed by atoms with van der Waals surface area (Å²) in [4.78, 5) is 4.67. The Morgan fingerprint density at radius 2 is 1.88 bits per heavy atom. The topological polar surface area (TPSA) is 46.2 Å². The van der Waals surface area contributed by atoms with E-state index in [9.17, 15) is 0 Å². The Labute approximate surface area is 163 Å². The number of aromatic nitrogens is 1. The number of halogens is 1. The molecule has 2 N–H and O–H groups in total. The molecular formula is C20H22ClN3OS. The third-order valence-corrected chi connectivity index (χ3v) is 5.00. The fourth-order valence-corrected chi connectivity index (χ4v) is 3.50. The summed E-state index contributed by atoms with van der Waals surface area (Å²) in [7, 11) is 1.60. The molecule has 2 aromatic carbocycles. The van der Waals surface area contributed by atoms with E-state index >= 15 is 0 Å². The number of ether oxygens (including phenoxy) is 1. The summed E-state index contributed by atoms with van der Waals surface area (Å²) in [5.74, 6) is 0.657. The van der Waals surface area contributed by atoms with Crippen molar-refractivity contribution in [2.24, 2.45) is 0 Å². The van der Waals surface area contributed by atoms with Crippen LogP contribution in [0.3, 0.4) is 0 Å².